The van der Waals surface area contributed by atoms with E-state index in [1.165, 1.54) is 0 Å². The highest BCUT2D eigenvalue weighted by molar-refractivity contribution is 6.30. The molecule has 0 saturated carbocycles. The van der Waals surface area contributed by atoms with Gasteiger partial charge in [-0.3, -0.25) is 20.2 Å². The summed E-state index contributed by atoms with van der Waals surface area (Å²) in [4.78, 5) is 29.2. The third kappa shape index (κ3) is 2.97. The van der Waals surface area contributed by atoms with Crippen LogP contribution in [0.1, 0.15) is 22.6 Å². The third-order valence-corrected chi connectivity index (χ3v) is 7.43. The molecule has 0 unspecified atom stereocenters. The molecule has 0 radical (unpaired) electrons. The summed E-state index contributed by atoms with van der Waals surface area (Å²) in [5.41, 5.74) is 2.78. The number of nitrogens with one attached hydrogen (secondary N) is 3. The Morgan fingerprint density at radius 1 is 1.00 bits per heavy atom. The zero-order chi connectivity index (χ0) is 23.4. The van der Waals surface area contributed by atoms with Crippen LogP contribution in [-0.4, -0.2) is 27.9 Å². The number of rotatable bonds is 4. The largest absolute Gasteiger partial charge is 0.361 e. The van der Waals surface area contributed by atoms with Gasteiger partial charge in [0.1, 0.15) is 5.54 Å². The summed E-state index contributed by atoms with van der Waals surface area (Å²) in [6, 6.07) is 20.7. The van der Waals surface area contributed by atoms with Gasteiger partial charge < -0.3 is 10.3 Å². The van der Waals surface area contributed by atoms with Gasteiger partial charge in [0, 0.05) is 38.3 Å². The summed E-state index contributed by atoms with van der Waals surface area (Å²) in [6.07, 6.45) is 2.30. The summed E-state index contributed by atoms with van der Waals surface area (Å²) in [7, 11) is 0. The van der Waals surface area contributed by atoms with E-state index in [0.717, 1.165) is 22.0 Å². The molecule has 2 aliphatic heterocycles. The van der Waals surface area contributed by atoms with E-state index >= 15 is 0 Å². The number of nitrogens with zero attached hydrogens (tertiary/aromatic N) is 1. The van der Waals surface area contributed by atoms with E-state index in [2.05, 4.69) is 15.6 Å². The predicted octanol–water partition coefficient (Wildman–Crippen LogP) is 4.61. The number of para-hydroxylation sites is 2. The second-order valence-corrected chi connectivity index (χ2v) is 9.36. The smallest absolute Gasteiger partial charge is 0.250 e. The molecule has 1 aromatic heterocycles. The topological polar surface area (TPSA) is 100 Å². The predicted molar refractivity (Wildman–Crippen MR) is 131 cm³/mol. The minimum atomic E-state index is -1.26. The molecule has 1 spiro atoms. The summed E-state index contributed by atoms with van der Waals surface area (Å²) < 4.78 is 0. The van der Waals surface area contributed by atoms with Crippen LogP contribution in [0.3, 0.4) is 0 Å². The van der Waals surface area contributed by atoms with Crippen molar-refractivity contribution in [3.8, 4) is 0 Å². The van der Waals surface area contributed by atoms with Crippen molar-refractivity contribution in [1.82, 2.24) is 10.3 Å². The molecule has 3 aromatic carbocycles. The van der Waals surface area contributed by atoms with Crippen LogP contribution >= 0.6 is 11.6 Å². The molecule has 3 N–H and O–H groups in total. The number of benzene rings is 3. The second kappa shape index (κ2) is 7.68. The number of nitro groups is 1. The lowest BCUT2D eigenvalue weighted by molar-refractivity contribution is -0.526. The molecule has 1 fully saturated rings. The highest BCUT2D eigenvalue weighted by Crippen LogP contribution is 2.52. The standard InChI is InChI=1S/C26H21ClN4O3/c27-17-11-9-15(10-12-17)23-24(31(33)34)22(13-16-14-28-20-7-3-1-5-18(16)20)30-26(23)19-6-2-4-8-21(19)29-25(26)32/h1-12,14,22-24,28,30H,13H2,(H,29,32)/t22-,23+,24-,26+/m1/s1. The van der Waals surface area contributed by atoms with Crippen LogP contribution < -0.4 is 10.6 Å². The Morgan fingerprint density at radius 2 is 1.74 bits per heavy atom. The van der Waals surface area contributed by atoms with Crippen LogP contribution in [0, 0.1) is 10.1 Å². The Balaban J connectivity index is 1.53. The maximum absolute atomic E-state index is 13.6. The molecule has 4 atom stereocenters. The molecule has 6 rings (SSSR count). The number of hydrogen-bond donors (Lipinski definition) is 3. The number of aromatic amines is 1. The highest BCUT2D eigenvalue weighted by atomic mass is 35.5. The van der Waals surface area contributed by atoms with Crippen LogP contribution in [0.15, 0.2) is 79.0 Å². The zero-order valence-electron chi connectivity index (χ0n) is 18.0. The Hall–Kier alpha value is -3.68. The highest BCUT2D eigenvalue weighted by Gasteiger charge is 2.66. The van der Waals surface area contributed by atoms with E-state index < -0.39 is 23.5 Å². The maximum Gasteiger partial charge on any atom is 0.250 e. The molecule has 0 bridgehead atoms. The first-order valence-electron chi connectivity index (χ1n) is 11.1. The van der Waals surface area contributed by atoms with Crippen molar-refractivity contribution in [1.29, 1.82) is 0 Å². The minimum Gasteiger partial charge on any atom is -0.361 e. The molecule has 4 aromatic rings. The molecule has 2 aliphatic rings. The van der Waals surface area contributed by atoms with E-state index in [9.17, 15) is 14.9 Å². The lowest BCUT2D eigenvalue weighted by atomic mass is 9.74. The Morgan fingerprint density at radius 3 is 2.53 bits per heavy atom. The lowest BCUT2D eigenvalue weighted by Gasteiger charge is -2.29. The van der Waals surface area contributed by atoms with Crippen molar-refractivity contribution in [2.75, 3.05) is 5.32 Å². The van der Waals surface area contributed by atoms with Gasteiger partial charge in [0.2, 0.25) is 11.9 Å². The monoisotopic (exact) mass is 472 g/mol. The number of hydrogen-bond acceptors (Lipinski definition) is 4. The third-order valence-electron chi connectivity index (χ3n) is 7.18. The molecule has 1 saturated heterocycles. The molecular formula is C26H21ClN4O3. The zero-order valence-corrected chi connectivity index (χ0v) is 18.8. The van der Waals surface area contributed by atoms with Gasteiger partial charge in [-0.25, -0.2) is 0 Å². The first kappa shape index (κ1) is 20.9. The minimum absolute atomic E-state index is 0.241. The fourth-order valence-electron chi connectivity index (χ4n) is 5.78. The molecular weight excluding hydrogens is 452 g/mol. The number of halogens is 1. The van der Waals surface area contributed by atoms with Crippen LogP contribution in [-0.2, 0) is 16.8 Å². The molecule has 7 nitrogen and oxygen atoms in total. The fraction of sp³-hybridized carbons (Fsp3) is 0.192. The van der Waals surface area contributed by atoms with E-state index in [-0.39, 0.29) is 10.8 Å². The van der Waals surface area contributed by atoms with Crippen LogP contribution in [0.25, 0.3) is 10.9 Å². The van der Waals surface area contributed by atoms with Gasteiger partial charge in [0.15, 0.2) is 0 Å². The van der Waals surface area contributed by atoms with Crippen molar-refractivity contribution >= 4 is 34.1 Å². The van der Waals surface area contributed by atoms with Crippen molar-refractivity contribution in [2.24, 2.45) is 0 Å². The number of amides is 1. The Bertz CT molecular complexity index is 1430. The van der Waals surface area contributed by atoms with Gasteiger partial charge in [-0.2, -0.15) is 0 Å². The van der Waals surface area contributed by atoms with E-state index in [1.54, 1.807) is 24.3 Å². The molecule has 34 heavy (non-hydrogen) atoms. The van der Waals surface area contributed by atoms with Gasteiger partial charge >= 0.3 is 0 Å². The molecule has 3 heterocycles. The van der Waals surface area contributed by atoms with Crippen molar-refractivity contribution in [3.63, 3.8) is 0 Å². The van der Waals surface area contributed by atoms with Gasteiger partial charge in [-0.1, -0.05) is 60.1 Å². The number of carbonyl (C=O) groups is 1. The Labute approximate surface area is 200 Å². The van der Waals surface area contributed by atoms with Crippen LogP contribution in [0.5, 0.6) is 0 Å². The van der Waals surface area contributed by atoms with E-state index in [0.29, 0.717) is 22.7 Å². The van der Waals surface area contributed by atoms with Gasteiger partial charge in [0.05, 0.1) is 12.0 Å². The first-order chi connectivity index (χ1) is 16.5. The summed E-state index contributed by atoms with van der Waals surface area (Å²) >= 11 is 6.12. The molecule has 1 amide bonds. The number of fused-ring (bicyclic) bond motifs is 3. The normalized spacial score (nSPS) is 25.6. The van der Waals surface area contributed by atoms with Gasteiger partial charge in [-0.15, -0.1) is 0 Å². The second-order valence-electron chi connectivity index (χ2n) is 8.93. The summed E-state index contributed by atoms with van der Waals surface area (Å²) in [5.74, 6) is -0.999. The Kier molecular flexibility index (Phi) is 4.72. The van der Waals surface area contributed by atoms with E-state index in [1.807, 2.05) is 54.7 Å². The maximum atomic E-state index is 13.6. The SMILES string of the molecule is O=C1Nc2ccccc2[C@@]12N[C@H](Cc1c[nH]c3ccccc13)[C@@H]([N+](=O)[O-])[C@@H]2c1ccc(Cl)cc1. The summed E-state index contributed by atoms with van der Waals surface area (Å²) in [5, 5.41) is 20.6. The number of anilines is 1. The molecule has 0 aliphatic carbocycles. The average Bonchev–Trinajstić information content (AvgIpc) is 3.48. The van der Waals surface area contributed by atoms with Crippen molar-refractivity contribution < 1.29 is 9.72 Å². The first-order valence-corrected chi connectivity index (χ1v) is 11.5. The summed E-state index contributed by atoms with van der Waals surface area (Å²) in [6.45, 7) is 0. The van der Waals surface area contributed by atoms with E-state index in [4.69, 9.17) is 11.6 Å². The van der Waals surface area contributed by atoms with Gasteiger partial charge in [-0.05, 0) is 41.8 Å². The number of H-pyrrole nitrogens is 1. The van der Waals surface area contributed by atoms with Crippen LogP contribution in [0.4, 0.5) is 5.69 Å². The molecule has 170 valence electrons. The number of carbonyl (C=O) groups excluding carboxylic acids is 1. The van der Waals surface area contributed by atoms with Crippen LogP contribution in [0.2, 0.25) is 5.02 Å². The van der Waals surface area contributed by atoms with Crippen molar-refractivity contribution in [2.45, 2.75) is 30.0 Å². The quantitative estimate of drug-likeness (QED) is 0.298. The molecule has 8 heteroatoms. The number of aromatic nitrogens is 1. The van der Waals surface area contributed by atoms with Gasteiger partial charge in [0.25, 0.3) is 0 Å². The fourth-order valence-corrected chi connectivity index (χ4v) is 5.91. The average molecular weight is 473 g/mol. The van der Waals surface area contributed by atoms with Crippen molar-refractivity contribution in [3.05, 3.63) is 111 Å². The lowest BCUT2D eigenvalue weighted by Crippen LogP contribution is -2.49.